The Morgan fingerprint density at radius 2 is 1.49 bits per heavy atom. The average Bonchev–Trinajstić information content (AvgIpc) is 3.40. The van der Waals surface area contributed by atoms with Gasteiger partial charge in [0, 0.05) is 38.5 Å². The average molecular weight is 612 g/mol. The molecule has 2 atom stereocenters. The van der Waals surface area contributed by atoms with Gasteiger partial charge in [-0.3, -0.25) is 19.3 Å². The summed E-state index contributed by atoms with van der Waals surface area (Å²) in [5.74, 6) is -1.42. The summed E-state index contributed by atoms with van der Waals surface area (Å²) in [5, 5.41) is 9.59. The zero-order valence-electron chi connectivity index (χ0n) is 26.1. The van der Waals surface area contributed by atoms with Crippen LogP contribution in [0.2, 0.25) is 0 Å². The molecule has 0 unspecified atom stereocenters. The number of anilines is 1. The largest absolute Gasteiger partial charge is 0.481 e. The fourth-order valence-corrected chi connectivity index (χ4v) is 6.21. The highest BCUT2D eigenvalue weighted by Gasteiger charge is 2.42. The lowest BCUT2D eigenvalue weighted by atomic mass is 9.92. The first-order valence-corrected chi connectivity index (χ1v) is 15.5. The van der Waals surface area contributed by atoms with Gasteiger partial charge in [-0.1, -0.05) is 72.8 Å². The number of hydrogen-bond acceptors (Lipinski definition) is 5. The molecule has 3 amide bonds. The van der Waals surface area contributed by atoms with E-state index in [0.717, 1.165) is 22.3 Å². The van der Waals surface area contributed by atoms with E-state index in [4.69, 9.17) is 4.74 Å². The lowest BCUT2D eigenvalue weighted by molar-refractivity contribution is -0.141. The van der Waals surface area contributed by atoms with Crippen LogP contribution in [0.5, 0.6) is 0 Å². The van der Waals surface area contributed by atoms with E-state index in [1.165, 1.54) is 4.90 Å². The number of para-hydroxylation sites is 1. The highest BCUT2D eigenvalue weighted by Crippen LogP contribution is 2.34. The van der Waals surface area contributed by atoms with E-state index in [0.29, 0.717) is 38.0 Å². The van der Waals surface area contributed by atoms with Crippen LogP contribution in [0.15, 0.2) is 78.9 Å². The van der Waals surface area contributed by atoms with Gasteiger partial charge in [0.2, 0.25) is 11.8 Å². The number of carbonyl (C=O) groups is 4. The van der Waals surface area contributed by atoms with Gasteiger partial charge in [0.05, 0.1) is 12.1 Å². The molecule has 3 aromatic rings. The molecule has 0 saturated heterocycles. The van der Waals surface area contributed by atoms with E-state index < -0.39 is 29.7 Å². The van der Waals surface area contributed by atoms with Crippen molar-refractivity contribution in [1.82, 2.24) is 9.80 Å². The fourth-order valence-electron chi connectivity index (χ4n) is 6.21. The zero-order chi connectivity index (χ0) is 32.1. The predicted molar refractivity (Wildman–Crippen MR) is 171 cm³/mol. The molecular weight excluding hydrogens is 570 g/mol. The second-order valence-electron chi connectivity index (χ2n) is 12.8. The van der Waals surface area contributed by atoms with Crippen LogP contribution in [0.3, 0.4) is 0 Å². The first-order valence-electron chi connectivity index (χ1n) is 15.5. The summed E-state index contributed by atoms with van der Waals surface area (Å²) in [6.07, 6.45) is 0.677. The molecule has 45 heavy (non-hydrogen) atoms. The number of fused-ring (bicyclic) bond motifs is 2. The summed E-state index contributed by atoms with van der Waals surface area (Å²) < 4.78 is 5.73. The molecule has 3 aromatic carbocycles. The van der Waals surface area contributed by atoms with Gasteiger partial charge in [0.15, 0.2) is 0 Å². The van der Waals surface area contributed by atoms with E-state index in [-0.39, 0.29) is 31.2 Å². The fraction of sp³-hybridized carbons (Fsp3) is 0.389. The van der Waals surface area contributed by atoms with E-state index in [2.05, 4.69) is 0 Å². The Balaban J connectivity index is 1.38. The third-order valence-electron chi connectivity index (χ3n) is 8.36. The van der Waals surface area contributed by atoms with Crippen molar-refractivity contribution >= 4 is 29.6 Å². The summed E-state index contributed by atoms with van der Waals surface area (Å²) in [7, 11) is 0. The number of benzene rings is 3. The van der Waals surface area contributed by atoms with Crippen LogP contribution in [0.25, 0.3) is 0 Å². The number of carbonyl (C=O) groups excluding carboxylic acids is 3. The summed E-state index contributed by atoms with van der Waals surface area (Å²) >= 11 is 0. The van der Waals surface area contributed by atoms with E-state index in [9.17, 15) is 24.3 Å². The number of carboxylic acids is 1. The lowest BCUT2D eigenvalue weighted by Gasteiger charge is -2.37. The van der Waals surface area contributed by atoms with Gasteiger partial charge >= 0.3 is 12.1 Å². The number of carboxylic acid groups (broad SMARTS) is 1. The monoisotopic (exact) mass is 611 g/mol. The van der Waals surface area contributed by atoms with E-state index in [1.807, 2.05) is 78.9 Å². The van der Waals surface area contributed by atoms with Crippen molar-refractivity contribution in [3.63, 3.8) is 0 Å². The summed E-state index contributed by atoms with van der Waals surface area (Å²) in [6.45, 7) is 6.19. The van der Waals surface area contributed by atoms with Gasteiger partial charge in [0.1, 0.15) is 11.6 Å². The minimum absolute atomic E-state index is 0.0327. The molecule has 0 radical (unpaired) electrons. The summed E-state index contributed by atoms with van der Waals surface area (Å²) in [4.78, 5) is 58.0. The Hall–Kier alpha value is -4.66. The van der Waals surface area contributed by atoms with Crippen molar-refractivity contribution in [2.45, 2.75) is 77.1 Å². The quantitative estimate of drug-likeness (QED) is 0.355. The Kier molecular flexibility index (Phi) is 9.56. The van der Waals surface area contributed by atoms with Crippen LogP contribution in [0, 0.1) is 0 Å². The molecular formula is C36H41N3O6. The molecule has 0 fully saturated rings. The summed E-state index contributed by atoms with van der Waals surface area (Å²) in [6, 6.07) is 23.8. The molecule has 9 nitrogen and oxygen atoms in total. The van der Waals surface area contributed by atoms with Gasteiger partial charge in [-0.05, 0) is 61.9 Å². The van der Waals surface area contributed by atoms with Crippen molar-refractivity contribution < 1.29 is 29.0 Å². The van der Waals surface area contributed by atoms with Gasteiger partial charge in [-0.15, -0.1) is 0 Å². The molecule has 9 heteroatoms. The smallest absolute Gasteiger partial charge is 0.415 e. The minimum atomic E-state index is -0.958. The molecule has 5 rings (SSSR count). The van der Waals surface area contributed by atoms with Crippen molar-refractivity contribution in [3.8, 4) is 0 Å². The van der Waals surface area contributed by atoms with Crippen molar-refractivity contribution in [3.05, 3.63) is 101 Å². The number of amides is 3. The minimum Gasteiger partial charge on any atom is -0.481 e. The van der Waals surface area contributed by atoms with Crippen molar-refractivity contribution in [2.75, 3.05) is 18.0 Å². The Morgan fingerprint density at radius 3 is 2.18 bits per heavy atom. The topological polar surface area (TPSA) is 107 Å². The summed E-state index contributed by atoms with van der Waals surface area (Å²) in [5.41, 5.74) is 3.88. The molecule has 2 aliphatic heterocycles. The normalized spacial score (nSPS) is 17.3. The molecule has 0 aliphatic carbocycles. The number of ether oxygens (including phenoxy) is 1. The molecule has 0 aromatic heterocycles. The molecule has 0 spiro atoms. The van der Waals surface area contributed by atoms with Crippen LogP contribution in [-0.4, -0.2) is 69.6 Å². The maximum Gasteiger partial charge on any atom is 0.415 e. The lowest BCUT2D eigenvalue weighted by Crippen LogP contribution is -2.52. The third-order valence-corrected chi connectivity index (χ3v) is 8.36. The van der Waals surface area contributed by atoms with Crippen LogP contribution < -0.4 is 4.90 Å². The van der Waals surface area contributed by atoms with Crippen LogP contribution in [0.1, 0.15) is 55.9 Å². The maximum atomic E-state index is 14.4. The second-order valence-corrected chi connectivity index (χ2v) is 12.8. The SMILES string of the molecule is CC(C)(C)OC(=O)N1c2ccccc2C[C@@H]1C(=O)N(CCC(=O)N1Cc2ccccc2C[C@@H]1CC(=O)O)CCc1ccccc1. The highest BCUT2D eigenvalue weighted by molar-refractivity contribution is 6.00. The second kappa shape index (κ2) is 13.5. The zero-order valence-corrected chi connectivity index (χ0v) is 26.1. The first kappa shape index (κ1) is 31.8. The number of nitrogens with zero attached hydrogens (tertiary/aromatic N) is 3. The Labute approximate surface area is 264 Å². The molecule has 0 saturated carbocycles. The number of rotatable bonds is 9. The van der Waals surface area contributed by atoms with Gasteiger partial charge in [-0.25, -0.2) is 4.79 Å². The standard InChI is InChI=1S/C36H41N3O6/c1-36(2,3)45-35(44)39-30-16-10-9-14-27(30)22-31(39)34(43)37(19-17-25-11-5-4-6-12-25)20-18-32(40)38-24-28-15-8-7-13-26(28)21-29(38)23-33(41)42/h4-16,29,31H,17-24H2,1-3H3,(H,41,42)/t29-,31-/m1/s1. The van der Waals surface area contributed by atoms with Gasteiger partial charge < -0.3 is 19.6 Å². The van der Waals surface area contributed by atoms with Crippen LogP contribution in [0.4, 0.5) is 10.5 Å². The Morgan fingerprint density at radius 1 is 0.844 bits per heavy atom. The molecule has 0 bridgehead atoms. The van der Waals surface area contributed by atoms with E-state index in [1.54, 1.807) is 30.6 Å². The molecule has 1 N–H and O–H groups in total. The first-order chi connectivity index (χ1) is 21.5. The van der Waals surface area contributed by atoms with Crippen LogP contribution >= 0.6 is 0 Å². The molecule has 2 aliphatic rings. The number of aliphatic carboxylic acids is 1. The highest BCUT2D eigenvalue weighted by atomic mass is 16.6. The maximum absolute atomic E-state index is 14.4. The van der Waals surface area contributed by atoms with Gasteiger partial charge in [-0.2, -0.15) is 0 Å². The van der Waals surface area contributed by atoms with E-state index >= 15 is 0 Å². The van der Waals surface area contributed by atoms with Gasteiger partial charge in [0.25, 0.3) is 0 Å². The number of hydrogen-bond donors (Lipinski definition) is 1. The van der Waals surface area contributed by atoms with Crippen molar-refractivity contribution in [2.24, 2.45) is 0 Å². The molecule has 2 heterocycles. The third kappa shape index (κ3) is 7.71. The van der Waals surface area contributed by atoms with Crippen LogP contribution in [-0.2, 0) is 44.9 Å². The van der Waals surface area contributed by atoms with Crippen molar-refractivity contribution in [1.29, 1.82) is 0 Å². The Bertz CT molecular complexity index is 1550. The molecule has 236 valence electrons. The predicted octanol–water partition coefficient (Wildman–Crippen LogP) is 5.24.